The van der Waals surface area contributed by atoms with Gasteiger partial charge >= 0.3 is 0 Å². The van der Waals surface area contributed by atoms with Gasteiger partial charge in [-0.15, -0.1) is 24.0 Å². The molecule has 1 saturated carbocycles. The lowest BCUT2D eigenvalue weighted by molar-refractivity contribution is -0.138. The SMILES string of the molecule is CCNC(=NCC1(C(=O)N(C)C)CCCC1)NC(C)c1cccc(-n2cccn2)c1.I. The number of guanidine groups is 1. The van der Waals surface area contributed by atoms with Crippen molar-refractivity contribution < 1.29 is 4.79 Å². The van der Waals surface area contributed by atoms with E-state index in [1.165, 1.54) is 0 Å². The van der Waals surface area contributed by atoms with E-state index in [1.807, 2.05) is 43.2 Å². The number of carbonyl (C=O) groups excluding carboxylic acids is 1. The molecular weight excluding hydrogens is 503 g/mol. The topological polar surface area (TPSA) is 74.6 Å². The normalized spacial score (nSPS) is 16.3. The summed E-state index contributed by atoms with van der Waals surface area (Å²) >= 11 is 0. The van der Waals surface area contributed by atoms with E-state index in [0.29, 0.717) is 6.54 Å². The van der Waals surface area contributed by atoms with Gasteiger partial charge < -0.3 is 15.5 Å². The summed E-state index contributed by atoms with van der Waals surface area (Å²) < 4.78 is 1.85. The van der Waals surface area contributed by atoms with Gasteiger partial charge in [-0.3, -0.25) is 9.79 Å². The summed E-state index contributed by atoms with van der Waals surface area (Å²) in [5.74, 6) is 0.937. The first-order chi connectivity index (χ1) is 14.4. The fourth-order valence-electron chi connectivity index (χ4n) is 4.16. The van der Waals surface area contributed by atoms with Gasteiger partial charge in [0.05, 0.1) is 23.7 Å². The number of aromatic nitrogens is 2. The molecule has 1 unspecified atom stereocenters. The number of nitrogens with one attached hydrogen (secondary N) is 2. The molecule has 170 valence electrons. The molecule has 1 aromatic carbocycles. The van der Waals surface area contributed by atoms with Crippen LogP contribution >= 0.6 is 24.0 Å². The quantitative estimate of drug-likeness (QED) is 0.320. The zero-order valence-corrected chi connectivity index (χ0v) is 21.3. The molecule has 1 fully saturated rings. The lowest BCUT2D eigenvalue weighted by Gasteiger charge is -2.29. The predicted molar refractivity (Wildman–Crippen MR) is 136 cm³/mol. The molecule has 1 heterocycles. The molecule has 7 nitrogen and oxygen atoms in total. The van der Waals surface area contributed by atoms with Crippen LogP contribution in [0.4, 0.5) is 0 Å². The molecule has 0 radical (unpaired) electrons. The van der Waals surface area contributed by atoms with Crippen molar-refractivity contribution in [2.45, 2.75) is 45.6 Å². The molecule has 2 N–H and O–H groups in total. The molecule has 0 aliphatic heterocycles. The third-order valence-corrected chi connectivity index (χ3v) is 5.80. The summed E-state index contributed by atoms with van der Waals surface area (Å²) in [7, 11) is 3.68. The van der Waals surface area contributed by atoms with E-state index >= 15 is 0 Å². The van der Waals surface area contributed by atoms with Crippen LogP contribution in [0.2, 0.25) is 0 Å². The Labute approximate surface area is 202 Å². The van der Waals surface area contributed by atoms with Crippen molar-refractivity contribution in [3.8, 4) is 5.69 Å². The summed E-state index contributed by atoms with van der Waals surface area (Å²) in [6.45, 7) is 5.45. The molecule has 0 saturated heterocycles. The van der Waals surface area contributed by atoms with Gasteiger partial charge in [-0.2, -0.15) is 5.10 Å². The van der Waals surface area contributed by atoms with Crippen LogP contribution in [0.15, 0.2) is 47.7 Å². The van der Waals surface area contributed by atoms with Crippen molar-refractivity contribution in [2.24, 2.45) is 10.4 Å². The maximum atomic E-state index is 12.8. The minimum absolute atomic E-state index is 0. The summed E-state index contributed by atoms with van der Waals surface area (Å²) in [4.78, 5) is 19.4. The van der Waals surface area contributed by atoms with Gasteiger partial charge in [0.15, 0.2) is 5.96 Å². The van der Waals surface area contributed by atoms with Gasteiger partial charge in [-0.1, -0.05) is 25.0 Å². The van der Waals surface area contributed by atoms with Gasteiger partial charge in [0.2, 0.25) is 5.91 Å². The summed E-state index contributed by atoms with van der Waals surface area (Å²) in [6, 6.07) is 10.3. The fourth-order valence-corrected chi connectivity index (χ4v) is 4.16. The first-order valence-electron chi connectivity index (χ1n) is 10.8. The van der Waals surface area contributed by atoms with Crippen molar-refractivity contribution in [1.82, 2.24) is 25.3 Å². The van der Waals surface area contributed by atoms with E-state index in [4.69, 9.17) is 4.99 Å². The zero-order chi connectivity index (χ0) is 21.6. The van der Waals surface area contributed by atoms with Crippen molar-refractivity contribution in [3.05, 3.63) is 48.3 Å². The van der Waals surface area contributed by atoms with Crippen molar-refractivity contribution in [2.75, 3.05) is 27.2 Å². The third kappa shape index (κ3) is 6.21. The first kappa shape index (κ1) is 25.2. The van der Waals surface area contributed by atoms with E-state index in [1.54, 1.807) is 11.1 Å². The molecule has 1 amide bonds. The molecule has 2 aromatic rings. The number of hydrogen-bond donors (Lipinski definition) is 2. The van der Waals surface area contributed by atoms with E-state index in [-0.39, 0.29) is 41.3 Å². The van der Waals surface area contributed by atoms with Crippen LogP contribution in [-0.4, -0.2) is 53.7 Å². The minimum Gasteiger partial charge on any atom is -0.357 e. The number of halogens is 1. The smallest absolute Gasteiger partial charge is 0.230 e. The van der Waals surface area contributed by atoms with Gasteiger partial charge in [0.1, 0.15) is 0 Å². The van der Waals surface area contributed by atoms with Gasteiger partial charge in [-0.05, 0) is 50.5 Å². The summed E-state index contributed by atoms with van der Waals surface area (Å²) in [5.41, 5.74) is 1.80. The Kier molecular flexibility index (Phi) is 9.33. The Morgan fingerprint density at radius 2 is 2.03 bits per heavy atom. The Hall–Kier alpha value is -2.10. The molecular formula is C23H35IN6O. The fraction of sp³-hybridized carbons (Fsp3) is 0.522. The van der Waals surface area contributed by atoms with E-state index in [0.717, 1.165) is 49.4 Å². The highest BCUT2D eigenvalue weighted by molar-refractivity contribution is 14.0. The number of amides is 1. The maximum Gasteiger partial charge on any atom is 0.230 e. The van der Waals surface area contributed by atoms with Crippen LogP contribution < -0.4 is 10.6 Å². The van der Waals surface area contributed by atoms with Crippen LogP contribution in [-0.2, 0) is 4.79 Å². The standard InChI is InChI=1S/C23H34N6O.HI/c1-5-24-22(25-17-23(12-6-7-13-23)21(30)28(3)4)27-18(2)19-10-8-11-20(16-19)29-15-9-14-26-29;/h8-11,14-16,18H,5-7,12-13,17H2,1-4H3,(H2,24,25,27);1H. The van der Waals surface area contributed by atoms with E-state index in [2.05, 4.69) is 41.7 Å². The third-order valence-electron chi connectivity index (χ3n) is 5.80. The Morgan fingerprint density at radius 1 is 1.29 bits per heavy atom. The van der Waals surface area contributed by atoms with Gasteiger partial charge in [0, 0.05) is 33.0 Å². The van der Waals surface area contributed by atoms with Crippen LogP contribution in [0.1, 0.15) is 51.1 Å². The molecule has 1 aliphatic carbocycles. The van der Waals surface area contributed by atoms with Crippen LogP contribution in [0, 0.1) is 5.41 Å². The highest BCUT2D eigenvalue weighted by atomic mass is 127. The summed E-state index contributed by atoms with van der Waals surface area (Å²) in [5, 5.41) is 11.1. The Balaban J connectivity index is 0.00000341. The summed E-state index contributed by atoms with van der Waals surface area (Å²) in [6.07, 6.45) is 7.72. The molecule has 1 aromatic heterocycles. The van der Waals surface area contributed by atoms with Crippen LogP contribution in [0.25, 0.3) is 5.69 Å². The lowest BCUT2D eigenvalue weighted by Crippen LogP contribution is -2.43. The minimum atomic E-state index is -0.366. The number of benzene rings is 1. The molecule has 1 atom stereocenters. The maximum absolute atomic E-state index is 12.8. The Bertz CT molecular complexity index is 859. The monoisotopic (exact) mass is 538 g/mol. The molecule has 0 bridgehead atoms. The van der Waals surface area contributed by atoms with Gasteiger partial charge in [-0.25, -0.2) is 4.68 Å². The zero-order valence-electron chi connectivity index (χ0n) is 19.0. The highest BCUT2D eigenvalue weighted by Gasteiger charge is 2.42. The molecule has 8 heteroatoms. The number of rotatable bonds is 7. The van der Waals surface area contributed by atoms with Crippen LogP contribution in [0.3, 0.4) is 0 Å². The second-order valence-electron chi connectivity index (χ2n) is 8.29. The largest absolute Gasteiger partial charge is 0.357 e. The average molecular weight is 538 g/mol. The van der Waals surface area contributed by atoms with Crippen molar-refractivity contribution in [1.29, 1.82) is 0 Å². The number of carbonyl (C=O) groups is 1. The van der Waals surface area contributed by atoms with E-state index < -0.39 is 0 Å². The molecule has 3 rings (SSSR count). The van der Waals surface area contributed by atoms with Crippen molar-refractivity contribution in [3.63, 3.8) is 0 Å². The predicted octanol–water partition coefficient (Wildman–Crippen LogP) is 3.76. The average Bonchev–Trinajstić information content (AvgIpc) is 3.44. The lowest BCUT2D eigenvalue weighted by atomic mass is 9.85. The number of hydrogen-bond acceptors (Lipinski definition) is 3. The second kappa shape index (κ2) is 11.5. The molecule has 31 heavy (non-hydrogen) atoms. The van der Waals surface area contributed by atoms with Crippen molar-refractivity contribution >= 4 is 35.8 Å². The molecule has 1 aliphatic rings. The number of nitrogens with zero attached hydrogens (tertiary/aromatic N) is 4. The number of aliphatic imine (C=N–C) groups is 1. The van der Waals surface area contributed by atoms with Crippen LogP contribution in [0.5, 0.6) is 0 Å². The van der Waals surface area contributed by atoms with Gasteiger partial charge in [0.25, 0.3) is 0 Å². The van der Waals surface area contributed by atoms with E-state index in [9.17, 15) is 4.79 Å². The Morgan fingerprint density at radius 3 is 2.65 bits per heavy atom. The molecule has 0 spiro atoms. The first-order valence-corrected chi connectivity index (χ1v) is 10.8. The highest BCUT2D eigenvalue weighted by Crippen LogP contribution is 2.39. The second-order valence-corrected chi connectivity index (χ2v) is 8.29.